The van der Waals surface area contributed by atoms with Gasteiger partial charge < -0.3 is 15.5 Å². The molecule has 0 aliphatic carbocycles. The van der Waals surface area contributed by atoms with Crippen molar-refractivity contribution in [1.29, 1.82) is 0 Å². The molecule has 0 bridgehead atoms. The van der Waals surface area contributed by atoms with E-state index >= 15 is 0 Å². The van der Waals surface area contributed by atoms with Gasteiger partial charge in [0.1, 0.15) is 5.82 Å². The van der Waals surface area contributed by atoms with E-state index in [1.807, 2.05) is 4.90 Å². The van der Waals surface area contributed by atoms with Crippen LogP contribution in [-0.4, -0.2) is 86.7 Å². The molecule has 10 heteroatoms. The third-order valence-electron chi connectivity index (χ3n) is 4.78. The summed E-state index contributed by atoms with van der Waals surface area (Å²) in [5, 5.41) is 0. The van der Waals surface area contributed by atoms with Crippen LogP contribution < -0.4 is 10.6 Å². The van der Waals surface area contributed by atoms with Gasteiger partial charge in [0.25, 0.3) is 0 Å². The van der Waals surface area contributed by atoms with Gasteiger partial charge in [0.2, 0.25) is 10.0 Å². The van der Waals surface area contributed by atoms with Gasteiger partial charge in [-0.15, -0.1) is 0 Å². The maximum Gasteiger partial charge on any atom is 0.215 e. The van der Waals surface area contributed by atoms with Crippen LogP contribution >= 0.6 is 11.8 Å². The first-order chi connectivity index (χ1) is 13.0. The highest BCUT2D eigenvalue weighted by molar-refractivity contribution is 7.99. The highest BCUT2D eigenvalue weighted by Crippen LogP contribution is 2.17. The average Bonchev–Trinajstić information content (AvgIpc) is 2.69. The van der Waals surface area contributed by atoms with Crippen molar-refractivity contribution < 1.29 is 12.8 Å². The standard InChI is InChI=1S/C17H26FN5O2S2/c18-15-1-3-16(4-2-15)21-6-8-22(9-7-21)17(19)20-5-14-27(24,25)23-10-12-26-13-11-23/h1-4H,5-14H2,(H2,19,20). The van der Waals surface area contributed by atoms with Gasteiger partial charge in [-0.05, 0) is 24.3 Å². The molecule has 2 heterocycles. The molecule has 0 spiro atoms. The van der Waals surface area contributed by atoms with Crippen molar-refractivity contribution >= 4 is 33.4 Å². The zero-order valence-corrected chi connectivity index (χ0v) is 16.9. The summed E-state index contributed by atoms with van der Waals surface area (Å²) in [6, 6.07) is 6.46. The number of aliphatic imine (C=N–C) groups is 1. The van der Waals surface area contributed by atoms with Crippen molar-refractivity contribution in [2.45, 2.75) is 0 Å². The number of rotatable bonds is 5. The Morgan fingerprint density at radius 3 is 2.33 bits per heavy atom. The molecule has 0 saturated carbocycles. The smallest absolute Gasteiger partial charge is 0.215 e. The fourth-order valence-corrected chi connectivity index (χ4v) is 5.63. The van der Waals surface area contributed by atoms with Crippen LogP contribution in [0.4, 0.5) is 10.1 Å². The van der Waals surface area contributed by atoms with E-state index in [0.29, 0.717) is 32.1 Å². The van der Waals surface area contributed by atoms with E-state index < -0.39 is 10.0 Å². The minimum Gasteiger partial charge on any atom is -0.370 e. The lowest BCUT2D eigenvalue weighted by Gasteiger charge is -2.36. The lowest BCUT2D eigenvalue weighted by atomic mass is 10.2. The third-order valence-corrected chi connectivity index (χ3v) is 7.57. The summed E-state index contributed by atoms with van der Waals surface area (Å²) in [7, 11) is -3.26. The number of guanidine groups is 1. The number of benzene rings is 1. The Hall–Kier alpha value is -1.52. The molecule has 0 radical (unpaired) electrons. The van der Waals surface area contributed by atoms with E-state index in [-0.39, 0.29) is 18.1 Å². The van der Waals surface area contributed by atoms with Gasteiger partial charge >= 0.3 is 0 Å². The van der Waals surface area contributed by atoms with Gasteiger partial charge in [-0.1, -0.05) is 0 Å². The van der Waals surface area contributed by atoms with E-state index in [0.717, 1.165) is 30.3 Å². The van der Waals surface area contributed by atoms with Crippen molar-refractivity contribution in [3.63, 3.8) is 0 Å². The summed E-state index contributed by atoms with van der Waals surface area (Å²) < 4.78 is 39.2. The molecule has 2 aliphatic rings. The van der Waals surface area contributed by atoms with Gasteiger partial charge in [-0.25, -0.2) is 17.1 Å². The largest absolute Gasteiger partial charge is 0.370 e. The normalized spacial score (nSPS) is 20.1. The fraction of sp³-hybridized carbons (Fsp3) is 0.588. The summed E-state index contributed by atoms with van der Waals surface area (Å²) in [5.41, 5.74) is 7.04. The lowest BCUT2D eigenvalue weighted by Crippen LogP contribution is -2.51. The molecule has 27 heavy (non-hydrogen) atoms. The number of hydrogen-bond acceptors (Lipinski definition) is 5. The van der Waals surface area contributed by atoms with Crippen LogP contribution in [0.15, 0.2) is 29.3 Å². The van der Waals surface area contributed by atoms with Gasteiger partial charge in [0.05, 0.1) is 12.3 Å². The Morgan fingerprint density at radius 1 is 1.07 bits per heavy atom. The fourth-order valence-electron chi connectivity index (χ4n) is 3.18. The van der Waals surface area contributed by atoms with E-state index in [2.05, 4.69) is 9.89 Å². The minimum atomic E-state index is -3.26. The molecular formula is C17H26FN5O2S2. The summed E-state index contributed by atoms with van der Waals surface area (Å²) in [6.07, 6.45) is 0. The monoisotopic (exact) mass is 415 g/mol. The maximum atomic E-state index is 13.0. The van der Waals surface area contributed by atoms with Crippen molar-refractivity contribution in [2.75, 3.05) is 68.0 Å². The lowest BCUT2D eigenvalue weighted by molar-refractivity contribution is 0.381. The van der Waals surface area contributed by atoms with Crippen molar-refractivity contribution in [3.05, 3.63) is 30.1 Å². The molecule has 1 aromatic carbocycles. The van der Waals surface area contributed by atoms with Gasteiger partial charge in [-0.2, -0.15) is 11.8 Å². The number of thioether (sulfide) groups is 1. The molecule has 0 unspecified atom stereocenters. The van der Waals surface area contributed by atoms with E-state index in [9.17, 15) is 12.8 Å². The van der Waals surface area contributed by atoms with Crippen LogP contribution in [0.1, 0.15) is 0 Å². The van der Waals surface area contributed by atoms with Crippen LogP contribution in [0, 0.1) is 5.82 Å². The predicted octanol–water partition coefficient (Wildman–Crippen LogP) is 0.641. The molecule has 0 atom stereocenters. The topological polar surface area (TPSA) is 82.2 Å². The Bertz CT molecular complexity index is 743. The predicted molar refractivity (Wildman–Crippen MR) is 109 cm³/mol. The molecule has 3 rings (SSSR count). The van der Waals surface area contributed by atoms with Crippen molar-refractivity contribution in [1.82, 2.24) is 9.21 Å². The second kappa shape index (κ2) is 9.11. The second-order valence-corrected chi connectivity index (χ2v) is 9.83. The van der Waals surface area contributed by atoms with Crippen LogP contribution in [0.5, 0.6) is 0 Å². The molecule has 150 valence electrons. The number of nitrogens with zero attached hydrogens (tertiary/aromatic N) is 4. The molecule has 2 fully saturated rings. The number of halogens is 1. The minimum absolute atomic E-state index is 0.00604. The zero-order chi connectivity index (χ0) is 19.3. The summed E-state index contributed by atoms with van der Waals surface area (Å²) >= 11 is 1.78. The molecule has 2 N–H and O–H groups in total. The highest BCUT2D eigenvalue weighted by Gasteiger charge is 2.24. The zero-order valence-electron chi connectivity index (χ0n) is 15.3. The molecular weight excluding hydrogens is 389 g/mol. The SMILES string of the molecule is NC(=NCCS(=O)(=O)N1CCSCC1)N1CCN(c2ccc(F)cc2)CC1. The first kappa shape index (κ1) is 20.2. The molecule has 0 aromatic heterocycles. The molecule has 7 nitrogen and oxygen atoms in total. The van der Waals surface area contributed by atoms with Gasteiger partial charge in [-0.3, -0.25) is 4.99 Å². The number of nitrogens with two attached hydrogens (primary N) is 1. The molecule has 2 aliphatic heterocycles. The van der Waals surface area contributed by atoms with E-state index in [4.69, 9.17) is 5.73 Å². The number of hydrogen-bond donors (Lipinski definition) is 1. The summed E-state index contributed by atoms with van der Waals surface area (Å²) in [4.78, 5) is 8.41. The van der Waals surface area contributed by atoms with E-state index in [1.165, 1.54) is 12.1 Å². The third kappa shape index (κ3) is 5.49. The Labute approximate surface area is 164 Å². The van der Waals surface area contributed by atoms with Crippen molar-refractivity contribution in [2.24, 2.45) is 10.7 Å². The second-order valence-electron chi connectivity index (χ2n) is 6.52. The van der Waals surface area contributed by atoms with Crippen molar-refractivity contribution in [3.8, 4) is 0 Å². The van der Waals surface area contributed by atoms with Crippen LogP contribution in [-0.2, 0) is 10.0 Å². The maximum absolute atomic E-state index is 13.0. The Morgan fingerprint density at radius 2 is 1.70 bits per heavy atom. The van der Waals surface area contributed by atoms with Crippen LogP contribution in [0.3, 0.4) is 0 Å². The summed E-state index contributed by atoms with van der Waals surface area (Å²) in [6.45, 7) is 4.24. The number of anilines is 1. The average molecular weight is 416 g/mol. The number of sulfonamides is 1. The van der Waals surface area contributed by atoms with Crippen LogP contribution in [0.25, 0.3) is 0 Å². The molecule has 1 aromatic rings. The summed E-state index contributed by atoms with van der Waals surface area (Å²) in [5.74, 6) is 1.84. The van der Waals surface area contributed by atoms with Gasteiger partial charge in [0, 0.05) is 56.5 Å². The first-order valence-electron chi connectivity index (χ1n) is 9.07. The molecule has 2 saturated heterocycles. The number of piperazine rings is 1. The molecule has 0 amide bonds. The first-order valence-corrected chi connectivity index (χ1v) is 11.8. The van der Waals surface area contributed by atoms with Gasteiger partial charge in [0.15, 0.2) is 5.96 Å². The van der Waals surface area contributed by atoms with E-state index in [1.54, 1.807) is 28.2 Å². The van der Waals surface area contributed by atoms with Crippen LogP contribution in [0.2, 0.25) is 0 Å². The quantitative estimate of drug-likeness (QED) is 0.561. The Balaban J connectivity index is 1.47. The highest BCUT2D eigenvalue weighted by atomic mass is 32.2. The Kier molecular flexibility index (Phi) is 6.83.